The molecular weight excluding hydrogens is 342 g/mol. The Bertz CT molecular complexity index is 929. The maximum absolute atomic E-state index is 12.1. The van der Waals surface area contributed by atoms with Crippen LogP contribution in [0, 0.1) is 0 Å². The van der Waals surface area contributed by atoms with Gasteiger partial charge in [0.25, 0.3) is 0 Å². The average molecular weight is 365 g/mol. The zero-order valence-electron chi connectivity index (χ0n) is 15.4. The van der Waals surface area contributed by atoms with Gasteiger partial charge in [-0.25, -0.2) is 0 Å². The fraction of sp³-hybridized carbons (Fsp3) is 0.238. The van der Waals surface area contributed by atoms with Crippen molar-refractivity contribution in [2.45, 2.75) is 26.4 Å². The zero-order chi connectivity index (χ0) is 19.2. The molecule has 0 saturated carbocycles. The Kier molecular flexibility index (Phi) is 5.76. The normalized spacial score (nSPS) is 10.8. The highest BCUT2D eigenvalue weighted by atomic mass is 16.5. The van der Waals surface area contributed by atoms with Crippen molar-refractivity contribution in [2.24, 2.45) is 0 Å². The Hall–Kier alpha value is -3.28. The highest BCUT2D eigenvalue weighted by Gasteiger charge is 2.10. The van der Waals surface area contributed by atoms with E-state index in [1.807, 2.05) is 44.3 Å². The van der Waals surface area contributed by atoms with Crippen molar-refractivity contribution < 1.29 is 14.3 Å². The van der Waals surface area contributed by atoms with Crippen molar-refractivity contribution in [1.29, 1.82) is 0 Å². The van der Waals surface area contributed by atoms with Gasteiger partial charge in [-0.2, -0.15) is 0 Å². The van der Waals surface area contributed by atoms with Gasteiger partial charge in [0.05, 0.1) is 19.1 Å². The third kappa shape index (κ3) is 5.10. The van der Waals surface area contributed by atoms with E-state index in [1.165, 1.54) is 0 Å². The summed E-state index contributed by atoms with van der Waals surface area (Å²) in [6, 6.07) is 14.9. The fourth-order valence-electron chi connectivity index (χ4n) is 2.79. The molecule has 0 aliphatic heterocycles. The summed E-state index contributed by atoms with van der Waals surface area (Å²) in [5, 5.41) is 6.42. The minimum Gasteiger partial charge on any atom is -0.491 e. The number of nitrogens with one attached hydrogen (secondary N) is 3. The number of carbonyl (C=O) groups is 2. The quantitative estimate of drug-likeness (QED) is 0.601. The van der Waals surface area contributed by atoms with E-state index >= 15 is 0 Å². The van der Waals surface area contributed by atoms with Crippen LogP contribution in [0.3, 0.4) is 0 Å². The number of ether oxygens (including phenoxy) is 1. The Balaban J connectivity index is 1.48. The second-order valence-corrected chi connectivity index (χ2v) is 6.55. The molecule has 0 aliphatic carbocycles. The molecule has 0 bridgehead atoms. The van der Waals surface area contributed by atoms with Crippen LogP contribution >= 0.6 is 0 Å². The van der Waals surface area contributed by atoms with Crippen LogP contribution in [0.2, 0.25) is 0 Å². The first-order chi connectivity index (χ1) is 13.0. The van der Waals surface area contributed by atoms with Crippen LogP contribution in [0.25, 0.3) is 10.9 Å². The lowest BCUT2D eigenvalue weighted by molar-refractivity contribution is -0.123. The van der Waals surface area contributed by atoms with Crippen LogP contribution in [0.15, 0.2) is 54.7 Å². The summed E-state index contributed by atoms with van der Waals surface area (Å²) in [5.74, 6) is 0.269. The summed E-state index contributed by atoms with van der Waals surface area (Å²) >= 11 is 0. The van der Waals surface area contributed by atoms with Gasteiger partial charge in [-0.05, 0) is 49.7 Å². The first-order valence-corrected chi connectivity index (χ1v) is 8.89. The molecule has 3 N–H and O–H groups in total. The molecule has 140 valence electrons. The summed E-state index contributed by atoms with van der Waals surface area (Å²) in [7, 11) is 0. The Labute approximate surface area is 157 Å². The monoisotopic (exact) mass is 365 g/mol. The lowest BCUT2D eigenvalue weighted by atomic mass is 10.1. The van der Waals surface area contributed by atoms with Gasteiger partial charge < -0.3 is 20.4 Å². The van der Waals surface area contributed by atoms with E-state index in [0.717, 1.165) is 22.2 Å². The van der Waals surface area contributed by atoms with Crippen molar-refractivity contribution in [3.63, 3.8) is 0 Å². The number of rotatable bonds is 7. The molecule has 6 nitrogen and oxygen atoms in total. The molecule has 0 aliphatic rings. The van der Waals surface area contributed by atoms with Gasteiger partial charge in [0.15, 0.2) is 0 Å². The Morgan fingerprint density at radius 2 is 1.78 bits per heavy atom. The minimum absolute atomic E-state index is 0.0779. The molecule has 2 aromatic carbocycles. The largest absolute Gasteiger partial charge is 0.491 e. The van der Waals surface area contributed by atoms with Crippen molar-refractivity contribution >= 4 is 28.4 Å². The van der Waals surface area contributed by atoms with E-state index in [0.29, 0.717) is 5.69 Å². The summed E-state index contributed by atoms with van der Waals surface area (Å²) in [4.78, 5) is 27.3. The number of amides is 2. The van der Waals surface area contributed by atoms with Crippen LogP contribution in [0.1, 0.15) is 19.4 Å². The third-order valence-corrected chi connectivity index (χ3v) is 3.98. The number of para-hydroxylation sites is 1. The van der Waals surface area contributed by atoms with Crippen molar-refractivity contribution in [1.82, 2.24) is 10.3 Å². The first kappa shape index (κ1) is 18.5. The summed E-state index contributed by atoms with van der Waals surface area (Å²) in [6.45, 7) is 3.83. The highest BCUT2D eigenvalue weighted by Crippen LogP contribution is 2.18. The molecule has 0 atom stereocenters. The fourth-order valence-corrected chi connectivity index (χ4v) is 2.79. The molecule has 1 aromatic heterocycles. The van der Waals surface area contributed by atoms with Crippen LogP contribution in [0.4, 0.5) is 5.69 Å². The molecule has 1 heterocycles. The number of hydrogen-bond donors (Lipinski definition) is 3. The number of aromatic amines is 1. The van der Waals surface area contributed by atoms with Gasteiger partial charge in [0.1, 0.15) is 5.75 Å². The number of benzene rings is 2. The van der Waals surface area contributed by atoms with E-state index in [1.54, 1.807) is 24.3 Å². The SMILES string of the molecule is CC(C)Oc1ccc(NC(=O)CNC(=O)Cc2c[nH]c3ccccc23)cc1. The number of carbonyl (C=O) groups excluding carboxylic acids is 2. The van der Waals surface area contributed by atoms with E-state index in [2.05, 4.69) is 15.6 Å². The maximum atomic E-state index is 12.1. The topological polar surface area (TPSA) is 83.2 Å². The van der Waals surface area contributed by atoms with Crippen molar-refractivity contribution in [2.75, 3.05) is 11.9 Å². The molecule has 6 heteroatoms. The highest BCUT2D eigenvalue weighted by molar-refractivity contribution is 5.95. The Morgan fingerprint density at radius 1 is 1.04 bits per heavy atom. The number of aromatic nitrogens is 1. The molecule has 0 radical (unpaired) electrons. The van der Waals surface area contributed by atoms with Gasteiger partial charge in [-0.15, -0.1) is 0 Å². The number of H-pyrrole nitrogens is 1. The minimum atomic E-state index is -0.278. The van der Waals surface area contributed by atoms with E-state index in [-0.39, 0.29) is 30.9 Å². The second kappa shape index (κ2) is 8.40. The Morgan fingerprint density at radius 3 is 2.52 bits per heavy atom. The van der Waals surface area contributed by atoms with Crippen LogP contribution in [-0.2, 0) is 16.0 Å². The van der Waals surface area contributed by atoms with E-state index < -0.39 is 0 Å². The molecule has 0 saturated heterocycles. The second-order valence-electron chi connectivity index (χ2n) is 6.55. The van der Waals surface area contributed by atoms with E-state index in [9.17, 15) is 9.59 Å². The van der Waals surface area contributed by atoms with Gasteiger partial charge in [0.2, 0.25) is 11.8 Å². The molecule has 0 unspecified atom stereocenters. The predicted octanol–water partition coefficient (Wildman–Crippen LogP) is 3.25. The van der Waals surface area contributed by atoms with Crippen LogP contribution in [0.5, 0.6) is 5.75 Å². The number of hydrogen-bond acceptors (Lipinski definition) is 3. The molecule has 2 amide bonds. The predicted molar refractivity (Wildman–Crippen MR) is 106 cm³/mol. The molecule has 3 aromatic rings. The lowest BCUT2D eigenvalue weighted by Crippen LogP contribution is -2.33. The van der Waals surface area contributed by atoms with Gasteiger partial charge in [0, 0.05) is 22.8 Å². The molecule has 3 rings (SSSR count). The van der Waals surface area contributed by atoms with Crippen LogP contribution < -0.4 is 15.4 Å². The molecular formula is C21H23N3O3. The smallest absolute Gasteiger partial charge is 0.243 e. The zero-order valence-corrected chi connectivity index (χ0v) is 15.4. The number of anilines is 1. The summed E-state index contributed by atoms with van der Waals surface area (Å²) in [6.07, 6.45) is 2.14. The molecule has 0 fully saturated rings. The standard InChI is InChI=1S/C21H23N3O3/c1-14(2)27-17-9-7-16(8-10-17)24-21(26)13-23-20(25)11-15-12-22-19-6-4-3-5-18(15)19/h3-10,12,14,22H,11,13H2,1-2H3,(H,23,25)(H,24,26). The van der Waals surface area contributed by atoms with Gasteiger partial charge >= 0.3 is 0 Å². The lowest BCUT2D eigenvalue weighted by Gasteiger charge is -2.11. The van der Waals surface area contributed by atoms with E-state index in [4.69, 9.17) is 4.74 Å². The third-order valence-electron chi connectivity index (χ3n) is 3.98. The molecule has 0 spiro atoms. The van der Waals surface area contributed by atoms with Crippen molar-refractivity contribution in [3.8, 4) is 5.75 Å². The maximum Gasteiger partial charge on any atom is 0.243 e. The van der Waals surface area contributed by atoms with Crippen molar-refractivity contribution in [3.05, 3.63) is 60.3 Å². The summed E-state index contributed by atoms with van der Waals surface area (Å²) in [5.41, 5.74) is 2.55. The summed E-state index contributed by atoms with van der Waals surface area (Å²) < 4.78 is 5.56. The van der Waals surface area contributed by atoms with Crippen LogP contribution in [-0.4, -0.2) is 29.4 Å². The first-order valence-electron chi connectivity index (χ1n) is 8.89. The van der Waals surface area contributed by atoms with Gasteiger partial charge in [-0.3, -0.25) is 9.59 Å². The average Bonchev–Trinajstić information content (AvgIpc) is 3.04. The van der Waals surface area contributed by atoms with Gasteiger partial charge in [-0.1, -0.05) is 18.2 Å². The molecule has 27 heavy (non-hydrogen) atoms. The number of fused-ring (bicyclic) bond motifs is 1.